The van der Waals surface area contributed by atoms with Gasteiger partial charge in [-0.15, -0.1) is 5.10 Å². The molecule has 7 nitrogen and oxygen atoms in total. The van der Waals surface area contributed by atoms with E-state index in [0.717, 1.165) is 41.6 Å². The topological polar surface area (TPSA) is 91.1 Å². The molecular formula is C16H22N6O. The van der Waals surface area contributed by atoms with Crippen molar-refractivity contribution in [1.29, 1.82) is 0 Å². The van der Waals surface area contributed by atoms with Crippen LogP contribution in [-0.4, -0.2) is 49.6 Å². The molecule has 4 rings (SSSR count). The van der Waals surface area contributed by atoms with E-state index < -0.39 is 0 Å². The second-order valence-electron chi connectivity index (χ2n) is 6.40. The lowest BCUT2D eigenvalue weighted by atomic mass is 9.80. The maximum Gasteiger partial charge on any atom is 0.141 e. The van der Waals surface area contributed by atoms with Crippen molar-refractivity contribution >= 4 is 16.6 Å². The van der Waals surface area contributed by atoms with Crippen LogP contribution < -0.4 is 5.32 Å². The summed E-state index contributed by atoms with van der Waals surface area (Å²) in [7, 11) is 0. The first-order chi connectivity index (χ1) is 11.4. The molecule has 122 valence electrons. The monoisotopic (exact) mass is 314 g/mol. The van der Waals surface area contributed by atoms with Gasteiger partial charge >= 0.3 is 0 Å². The van der Waals surface area contributed by atoms with E-state index in [4.69, 9.17) is 5.11 Å². The number of aromatic amines is 1. The van der Waals surface area contributed by atoms with Gasteiger partial charge in [0.1, 0.15) is 17.5 Å². The number of fused-ring (bicyclic) bond motifs is 3. The van der Waals surface area contributed by atoms with Crippen LogP contribution in [0.3, 0.4) is 0 Å². The van der Waals surface area contributed by atoms with Crippen molar-refractivity contribution in [1.82, 2.24) is 30.1 Å². The number of aromatic nitrogens is 5. The zero-order valence-corrected chi connectivity index (χ0v) is 13.1. The van der Waals surface area contributed by atoms with Crippen molar-refractivity contribution in [3.63, 3.8) is 0 Å². The molecule has 0 spiro atoms. The van der Waals surface area contributed by atoms with Gasteiger partial charge in [-0.2, -0.15) is 0 Å². The van der Waals surface area contributed by atoms with Gasteiger partial charge in [-0.3, -0.25) is 0 Å². The quantitative estimate of drug-likeness (QED) is 0.620. The molecule has 1 saturated carbocycles. The third-order valence-corrected chi connectivity index (χ3v) is 4.95. The number of aliphatic hydroxyl groups is 1. The van der Waals surface area contributed by atoms with Crippen molar-refractivity contribution in [2.75, 3.05) is 19.7 Å². The first-order valence-electron chi connectivity index (χ1n) is 8.35. The van der Waals surface area contributed by atoms with Gasteiger partial charge in [0, 0.05) is 24.0 Å². The summed E-state index contributed by atoms with van der Waals surface area (Å²) < 4.78 is 1.79. The van der Waals surface area contributed by atoms with E-state index in [-0.39, 0.29) is 6.61 Å². The van der Waals surface area contributed by atoms with Gasteiger partial charge in [0.25, 0.3) is 0 Å². The Bertz CT molecular complexity index is 786. The summed E-state index contributed by atoms with van der Waals surface area (Å²) in [4.78, 5) is 7.52. The van der Waals surface area contributed by atoms with Gasteiger partial charge in [0.15, 0.2) is 0 Å². The van der Waals surface area contributed by atoms with Crippen LogP contribution in [-0.2, 0) is 0 Å². The fourth-order valence-corrected chi connectivity index (χ4v) is 3.72. The van der Waals surface area contributed by atoms with Gasteiger partial charge in [0.2, 0.25) is 0 Å². The lowest BCUT2D eigenvalue weighted by molar-refractivity contribution is 0.272. The van der Waals surface area contributed by atoms with E-state index in [2.05, 4.69) is 31.7 Å². The lowest BCUT2D eigenvalue weighted by Crippen LogP contribution is -2.28. The summed E-state index contributed by atoms with van der Waals surface area (Å²) in [5, 5.41) is 22.0. The van der Waals surface area contributed by atoms with Gasteiger partial charge in [0.05, 0.1) is 12.3 Å². The second kappa shape index (κ2) is 6.25. The molecule has 0 aliphatic heterocycles. The van der Waals surface area contributed by atoms with Gasteiger partial charge in [-0.05, 0) is 44.2 Å². The first-order valence-corrected chi connectivity index (χ1v) is 8.35. The highest BCUT2D eigenvalue weighted by molar-refractivity contribution is 5.92. The summed E-state index contributed by atoms with van der Waals surface area (Å²) in [6.07, 6.45) is 8.34. The largest absolute Gasteiger partial charge is 0.395 e. The van der Waals surface area contributed by atoms with E-state index in [0.29, 0.717) is 18.4 Å². The number of H-pyrrole nitrogens is 1. The van der Waals surface area contributed by atoms with Crippen molar-refractivity contribution < 1.29 is 5.11 Å². The average molecular weight is 314 g/mol. The number of nitrogens with one attached hydrogen (secondary N) is 2. The lowest BCUT2D eigenvalue weighted by Gasteiger charge is -2.27. The van der Waals surface area contributed by atoms with Crippen molar-refractivity contribution in [2.24, 2.45) is 5.92 Å². The normalized spacial score (nSPS) is 22.1. The molecule has 0 unspecified atom stereocenters. The molecule has 1 fully saturated rings. The molecule has 0 bridgehead atoms. The zero-order chi connectivity index (χ0) is 15.6. The Morgan fingerprint density at radius 3 is 3.00 bits per heavy atom. The smallest absolute Gasteiger partial charge is 0.141 e. The van der Waals surface area contributed by atoms with E-state index in [1.165, 1.54) is 12.8 Å². The predicted octanol–water partition coefficient (Wildman–Crippen LogP) is 1.46. The van der Waals surface area contributed by atoms with Crippen LogP contribution in [0.5, 0.6) is 0 Å². The van der Waals surface area contributed by atoms with E-state index >= 15 is 0 Å². The Balaban J connectivity index is 1.53. The molecule has 0 saturated heterocycles. The minimum Gasteiger partial charge on any atom is -0.395 e. The molecule has 3 aromatic heterocycles. The molecule has 0 radical (unpaired) electrons. The fourth-order valence-electron chi connectivity index (χ4n) is 3.72. The highest BCUT2D eigenvalue weighted by Gasteiger charge is 2.26. The minimum absolute atomic E-state index is 0.211. The molecule has 1 aliphatic carbocycles. The molecule has 23 heavy (non-hydrogen) atoms. The average Bonchev–Trinajstić information content (AvgIpc) is 3.21. The summed E-state index contributed by atoms with van der Waals surface area (Å²) in [5.74, 6) is 1.18. The van der Waals surface area contributed by atoms with Crippen LogP contribution in [0.2, 0.25) is 0 Å². The number of nitrogens with zero attached hydrogens (tertiary/aromatic N) is 4. The van der Waals surface area contributed by atoms with Crippen LogP contribution in [0.15, 0.2) is 18.6 Å². The number of hydrogen-bond donors (Lipinski definition) is 3. The minimum atomic E-state index is 0.211. The molecule has 1 aliphatic rings. The van der Waals surface area contributed by atoms with Crippen LogP contribution in [0.25, 0.3) is 16.6 Å². The van der Waals surface area contributed by atoms with Gasteiger partial charge < -0.3 is 15.4 Å². The maximum atomic E-state index is 8.84. The Morgan fingerprint density at radius 2 is 2.17 bits per heavy atom. The third-order valence-electron chi connectivity index (χ3n) is 4.95. The van der Waals surface area contributed by atoms with E-state index in [1.54, 1.807) is 10.8 Å². The summed E-state index contributed by atoms with van der Waals surface area (Å²) in [5.41, 5.74) is 3.10. The summed E-state index contributed by atoms with van der Waals surface area (Å²) >= 11 is 0. The molecule has 0 aromatic carbocycles. The molecule has 7 heteroatoms. The predicted molar refractivity (Wildman–Crippen MR) is 87.3 cm³/mol. The Morgan fingerprint density at radius 1 is 1.30 bits per heavy atom. The Kier molecular flexibility index (Phi) is 3.97. The molecule has 0 atom stereocenters. The van der Waals surface area contributed by atoms with Crippen LogP contribution in [0.1, 0.15) is 37.3 Å². The van der Waals surface area contributed by atoms with E-state index in [1.807, 2.05) is 6.20 Å². The highest BCUT2D eigenvalue weighted by Crippen LogP contribution is 2.37. The van der Waals surface area contributed by atoms with Crippen molar-refractivity contribution in [2.45, 2.75) is 31.6 Å². The zero-order valence-electron chi connectivity index (χ0n) is 13.1. The number of aliphatic hydroxyl groups excluding tert-OH is 1. The second-order valence-corrected chi connectivity index (χ2v) is 6.40. The molecule has 3 aromatic rings. The number of hydrogen-bond acceptors (Lipinski definition) is 5. The van der Waals surface area contributed by atoms with Crippen LogP contribution in [0.4, 0.5) is 0 Å². The Labute approximate surface area is 134 Å². The van der Waals surface area contributed by atoms with Gasteiger partial charge in [-0.1, -0.05) is 5.21 Å². The third kappa shape index (κ3) is 2.70. The highest BCUT2D eigenvalue weighted by atomic mass is 16.3. The summed E-state index contributed by atoms with van der Waals surface area (Å²) in [6, 6.07) is 2.05. The van der Waals surface area contributed by atoms with Crippen molar-refractivity contribution in [3.05, 3.63) is 24.3 Å². The molecular weight excluding hydrogens is 292 g/mol. The fraction of sp³-hybridized carbons (Fsp3) is 0.562. The van der Waals surface area contributed by atoms with Crippen molar-refractivity contribution in [3.8, 4) is 0 Å². The van der Waals surface area contributed by atoms with Crippen LogP contribution in [0, 0.1) is 5.92 Å². The number of rotatable bonds is 5. The van der Waals surface area contributed by atoms with Crippen LogP contribution >= 0.6 is 0 Å². The molecule has 0 amide bonds. The maximum absolute atomic E-state index is 8.84. The molecule has 3 heterocycles. The van der Waals surface area contributed by atoms with Gasteiger partial charge in [-0.25, -0.2) is 9.50 Å². The standard InChI is InChI=1S/C16H22N6O/c23-8-7-17-9-11-1-3-12(4-2-11)14-15-13-5-6-18-16(13)19-10-22(15)21-20-14/h5-6,10-12,17-18,23H,1-4,7-9H2/t11-,12-. The summed E-state index contributed by atoms with van der Waals surface area (Å²) in [6.45, 7) is 1.90. The van der Waals surface area contributed by atoms with E-state index in [9.17, 15) is 0 Å². The first kappa shape index (κ1) is 14.6. The Hall–Kier alpha value is -1.99. The molecule has 3 N–H and O–H groups in total. The SMILES string of the molecule is OCCNC[C@H]1CC[C@H](c2nnn3cnc4[nH]ccc4c23)CC1.